The van der Waals surface area contributed by atoms with E-state index in [0.29, 0.717) is 13.2 Å². The number of hydrogen-bond acceptors (Lipinski definition) is 6. The molecule has 0 aromatic heterocycles. The quantitative estimate of drug-likeness (QED) is 0.372. The maximum atomic E-state index is 13.3. The first-order chi connectivity index (χ1) is 17.1. The number of rotatable bonds is 9. The molecule has 188 valence electrons. The molecule has 2 saturated heterocycles. The molecular weight excluding hydrogens is 446 g/mol. The van der Waals surface area contributed by atoms with Gasteiger partial charge in [-0.05, 0) is 74.2 Å². The van der Waals surface area contributed by atoms with Crippen LogP contribution in [0.1, 0.15) is 44.9 Å². The Morgan fingerprint density at radius 1 is 0.914 bits per heavy atom. The maximum Gasteiger partial charge on any atom is 0.232 e. The zero-order valence-electron chi connectivity index (χ0n) is 20.6. The predicted molar refractivity (Wildman–Crippen MR) is 132 cm³/mol. The SMILES string of the molecule is COc1ccc(OCCC[C@@H]2C(=O)N(c3ccc(OC)cc3)[C@H]2[C@H]2COC3(CCCCC3)O2)cc1. The minimum absolute atomic E-state index is 0.0433. The summed E-state index contributed by atoms with van der Waals surface area (Å²) in [5.74, 6) is 1.94. The standard InChI is InChI=1S/C28H35NO6/c1-31-21-10-8-20(9-11-21)29-26(25-19-34-28(35-25)16-4-3-5-17-28)24(27(29)30)7-6-18-33-23-14-12-22(32-2)13-15-23/h8-15,24-26H,3-7,16-19H2,1-2H3/t24-,25+,26+/m0/s1. The molecule has 1 amide bonds. The lowest BCUT2D eigenvalue weighted by molar-refractivity contribution is -0.192. The van der Waals surface area contributed by atoms with Gasteiger partial charge < -0.3 is 28.6 Å². The molecule has 0 radical (unpaired) electrons. The van der Waals surface area contributed by atoms with Gasteiger partial charge in [-0.1, -0.05) is 6.42 Å². The van der Waals surface area contributed by atoms with Gasteiger partial charge in [-0.25, -0.2) is 0 Å². The van der Waals surface area contributed by atoms with Crippen molar-refractivity contribution in [3.8, 4) is 17.2 Å². The van der Waals surface area contributed by atoms with Crippen LogP contribution in [-0.4, -0.2) is 51.3 Å². The zero-order chi connectivity index (χ0) is 24.3. The summed E-state index contributed by atoms with van der Waals surface area (Å²) in [6.07, 6.45) is 6.78. The molecule has 0 N–H and O–H groups in total. The van der Waals surface area contributed by atoms with Crippen molar-refractivity contribution in [1.29, 1.82) is 0 Å². The fourth-order valence-electron chi connectivity index (χ4n) is 5.60. The van der Waals surface area contributed by atoms with Gasteiger partial charge in [-0.2, -0.15) is 0 Å². The highest BCUT2D eigenvalue weighted by Gasteiger charge is 2.56. The average Bonchev–Trinajstić information content (AvgIpc) is 3.29. The first kappa shape index (κ1) is 23.9. The summed E-state index contributed by atoms with van der Waals surface area (Å²) >= 11 is 0. The Balaban J connectivity index is 1.25. The second-order valence-corrected chi connectivity index (χ2v) is 9.61. The van der Waals surface area contributed by atoms with Crippen LogP contribution in [-0.2, 0) is 14.3 Å². The third-order valence-corrected chi connectivity index (χ3v) is 7.48. The predicted octanol–water partition coefficient (Wildman–Crippen LogP) is 4.97. The Morgan fingerprint density at radius 3 is 2.20 bits per heavy atom. The molecule has 7 heteroatoms. The molecule has 3 aliphatic rings. The third kappa shape index (κ3) is 4.98. The summed E-state index contributed by atoms with van der Waals surface area (Å²) in [5.41, 5.74) is 0.875. The number of ether oxygens (including phenoxy) is 5. The second kappa shape index (κ2) is 10.5. The van der Waals surface area contributed by atoms with Crippen LogP contribution in [0.4, 0.5) is 5.69 Å². The summed E-state index contributed by atoms with van der Waals surface area (Å²) < 4.78 is 29.2. The lowest BCUT2D eigenvalue weighted by atomic mass is 9.80. The van der Waals surface area contributed by atoms with Crippen molar-refractivity contribution in [2.75, 3.05) is 32.3 Å². The fraction of sp³-hybridized carbons (Fsp3) is 0.536. The van der Waals surface area contributed by atoms with Crippen LogP contribution >= 0.6 is 0 Å². The highest BCUT2D eigenvalue weighted by Crippen LogP contribution is 2.45. The molecule has 2 heterocycles. The van der Waals surface area contributed by atoms with E-state index in [0.717, 1.165) is 61.5 Å². The van der Waals surface area contributed by atoms with Gasteiger partial charge in [0.2, 0.25) is 5.91 Å². The van der Waals surface area contributed by atoms with Gasteiger partial charge >= 0.3 is 0 Å². The first-order valence-corrected chi connectivity index (χ1v) is 12.7. The smallest absolute Gasteiger partial charge is 0.232 e. The largest absolute Gasteiger partial charge is 0.497 e. The van der Waals surface area contributed by atoms with Crippen LogP contribution in [0.2, 0.25) is 0 Å². The molecule has 5 rings (SSSR count). The molecule has 2 aliphatic heterocycles. The normalized spacial score (nSPS) is 25.4. The van der Waals surface area contributed by atoms with Gasteiger partial charge in [-0.3, -0.25) is 4.79 Å². The number of carbonyl (C=O) groups is 1. The molecule has 7 nitrogen and oxygen atoms in total. The van der Waals surface area contributed by atoms with Crippen molar-refractivity contribution in [1.82, 2.24) is 0 Å². The van der Waals surface area contributed by atoms with Crippen molar-refractivity contribution < 1.29 is 28.5 Å². The minimum atomic E-state index is -0.463. The molecule has 35 heavy (non-hydrogen) atoms. The summed E-state index contributed by atoms with van der Waals surface area (Å²) in [4.78, 5) is 15.2. The number of methoxy groups -OCH3 is 2. The lowest BCUT2D eigenvalue weighted by Gasteiger charge is -2.49. The van der Waals surface area contributed by atoms with Crippen molar-refractivity contribution in [3.05, 3.63) is 48.5 Å². The molecule has 2 aromatic carbocycles. The van der Waals surface area contributed by atoms with Gasteiger partial charge in [0, 0.05) is 18.5 Å². The number of β-lactam (4-membered cyclic amide) rings is 1. The summed E-state index contributed by atoms with van der Waals surface area (Å²) in [6.45, 7) is 1.08. The Bertz CT molecular complexity index is 986. The average molecular weight is 482 g/mol. The van der Waals surface area contributed by atoms with E-state index in [1.54, 1.807) is 14.2 Å². The molecule has 2 aromatic rings. The van der Waals surface area contributed by atoms with Crippen molar-refractivity contribution in [2.24, 2.45) is 5.92 Å². The monoisotopic (exact) mass is 481 g/mol. The lowest BCUT2D eigenvalue weighted by Crippen LogP contribution is -2.66. The van der Waals surface area contributed by atoms with Crippen LogP contribution in [0.3, 0.4) is 0 Å². The van der Waals surface area contributed by atoms with Gasteiger partial charge in [0.05, 0.1) is 39.4 Å². The number of benzene rings is 2. The first-order valence-electron chi connectivity index (χ1n) is 12.7. The topological polar surface area (TPSA) is 66.5 Å². The van der Waals surface area contributed by atoms with E-state index in [1.165, 1.54) is 6.42 Å². The Morgan fingerprint density at radius 2 is 1.54 bits per heavy atom. The van der Waals surface area contributed by atoms with Crippen molar-refractivity contribution >= 4 is 11.6 Å². The van der Waals surface area contributed by atoms with Gasteiger partial charge in [0.15, 0.2) is 5.79 Å². The van der Waals surface area contributed by atoms with E-state index in [-0.39, 0.29) is 24.0 Å². The summed E-state index contributed by atoms with van der Waals surface area (Å²) in [6, 6.07) is 15.2. The number of anilines is 1. The number of amides is 1. The molecular formula is C28H35NO6. The molecule has 3 fully saturated rings. The van der Waals surface area contributed by atoms with Gasteiger partial charge in [-0.15, -0.1) is 0 Å². The van der Waals surface area contributed by atoms with Crippen LogP contribution in [0, 0.1) is 5.92 Å². The van der Waals surface area contributed by atoms with E-state index in [1.807, 2.05) is 53.4 Å². The Labute approximate surface area is 207 Å². The van der Waals surface area contributed by atoms with Gasteiger partial charge in [0.25, 0.3) is 0 Å². The van der Waals surface area contributed by atoms with Crippen molar-refractivity contribution in [3.63, 3.8) is 0 Å². The molecule has 3 atom stereocenters. The van der Waals surface area contributed by atoms with E-state index in [4.69, 9.17) is 23.7 Å². The summed E-state index contributed by atoms with van der Waals surface area (Å²) in [7, 11) is 3.29. The second-order valence-electron chi connectivity index (χ2n) is 9.61. The number of nitrogens with zero attached hydrogens (tertiary/aromatic N) is 1. The number of carbonyl (C=O) groups excluding carboxylic acids is 1. The Kier molecular flexibility index (Phi) is 7.16. The fourth-order valence-corrected chi connectivity index (χ4v) is 5.60. The van der Waals surface area contributed by atoms with Crippen LogP contribution < -0.4 is 19.1 Å². The molecule has 0 bridgehead atoms. The highest BCUT2D eigenvalue weighted by molar-refractivity contribution is 6.03. The number of hydrogen-bond donors (Lipinski definition) is 0. The summed E-state index contributed by atoms with van der Waals surface area (Å²) in [5, 5.41) is 0. The van der Waals surface area contributed by atoms with Crippen LogP contribution in [0.15, 0.2) is 48.5 Å². The van der Waals surface area contributed by atoms with E-state index >= 15 is 0 Å². The Hall–Kier alpha value is -2.77. The van der Waals surface area contributed by atoms with Crippen LogP contribution in [0.25, 0.3) is 0 Å². The molecule has 1 aliphatic carbocycles. The van der Waals surface area contributed by atoms with Crippen molar-refractivity contribution in [2.45, 2.75) is 62.9 Å². The highest BCUT2D eigenvalue weighted by atomic mass is 16.7. The third-order valence-electron chi connectivity index (χ3n) is 7.48. The molecule has 1 spiro atoms. The zero-order valence-corrected chi connectivity index (χ0v) is 20.6. The molecule has 0 unspecified atom stereocenters. The van der Waals surface area contributed by atoms with E-state index in [9.17, 15) is 4.79 Å². The minimum Gasteiger partial charge on any atom is -0.497 e. The van der Waals surface area contributed by atoms with Crippen LogP contribution in [0.5, 0.6) is 17.2 Å². The van der Waals surface area contributed by atoms with E-state index in [2.05, 4.69) is 0 Å². The maximum absolute atomic E-state index is 13.3. The molecule has 1 saturated carbocycles. The van der Waals surface area contributed by atoms with E-state index < -0.39 is 5.79 Å². The van der Waals surface area contributed by atoms with Gasteiger partial charge in [0.1, 0.15) is 23.4 Å².